The molecule has 2 saturated heterocycles. The number of fused-ring (bicyclic) bond motifs is 2. The number of piperidine rings is 1. The summed E-state index contributed by atoms with van der Waals surface area (Å²) >= 11 is 0. The summed E-state index contributed by atoms with van der Waals surface area (Å²) in [7, 11) is 1.90. The van der Waals surface area contributed by atoms with Gasteiger partial charge in [-0.1, -0.05) is 5.16 Å². The van der Waals surface area contributed by atoms with Crippen molar-refractivity contribution in [2.24, 2.45) is 7.05 Å². The second kappa shape index (κ2) is 5.96. The minimum atomic E-state index is -0.916. The molecule has 2 aromatic heterocycles. The van der Waals surface area contributed by atoms with E-state index in [9.17, 15) is 9.90 Å². The third-order valence-corrected chi connectivity index (χ3v) is 5.38. The van der Waals surface area contributed by atoms with Crippen LogP contribution in [0.2, 0.25) is 0 Å². The molecule has 2 aliphatic rings. The van der Waals surface area contributed by atoms with Gasteiger partial charge >= 0.3 is 0 Å². The molecule has 1 amide bonds. The average molecular weight is 345 g/mol. The van der Waals surface area contributed by atoms with Crippen LogP contribution in [0, 0.1) is 6.92 Å². The third kappa shape index (κ3) is 2.96. The van der Waals surface area contributed by atoms with E-state index in [2.05, 4.69) is 20.4 Å². The van der Waals surface area contributed by atoms with Gasteiger partial charge in [0, 0.05) is 37.6 Å². The van der Waals surface area contributed by atoms with Gasteiger partial charge in [0.25, 0.3) is 0 Å². The molecule has 4 rings (SSSR count). The third-order valence-electron chi connectivity index (χ3n) is 5.38. The normalized spacial score (nSPS) is 29.1. The first-order valence-electron chi connectivity index (χ1n) is 8.64. The second-order valence-electron chi connectivity index (χ2n) is 7.23. The molecule has 0 aromatic carbocycles. The predicted molar refractivity (Wildman–Crippen MR) is 89.7 cm³/mol. The molecule has 2 N–H and O–H groups in total. The van der Waals surface area contributed by atoms with E-state index in [4.69, 9.17) is 4.52 Å². The highest BCUT2D eigenvalue weighted by molar-refractivity contribution is 5.91. The molecule has 8 heteroatoms. The lowest BCUT2D eigenvalue weighted by Crippen LogP contribution is -2.52. The Morgan fingerprint density at radius 3 is 2.72 bits per heavy atom. The molecule has 0 aliphatic carbocycles. The van der Waals surface area contributed by atoms with E-state index in [0.29, 0.717) is 36.8 Å². The van der Waals surface area contributed by atoms with E-state index in [0.717, 1.165) is 12.8 Å². The zero-order chi connectivity index (χ0) is 17.6. The van der Waals surface area contributed by atoms with E-state index < -0.39 is 5.60 Å². The molecule has 2 atom stereocenters. The summed E-state index contributed by atoms with van der Waals surface area (Å²) in [5.74, 6) is 1.71. The van der Waals surface area contributed by atoms with Crippen LogP contribution in [0.4, 0.5) is 5.82 Å². The summed E-state index contributed by atoms with van der Waals surface area (Å²) in [5.41, 5.74) is -0.916. The van der Waals surface area contributed by atoms with Crippen molar-refractivity contribution >= 4 is 11.7 Å². The summed E-state index contributed by atoms with van der Waals surface area (Å²) in [5, 5.41) is 17.7. The Hall–Kier alpha value is -2.19. The van der Waals surface area contributed by atoms with Crippen molar-refractivity contribution in [3.63, 3.8) is 0 Å². The molecule has 0 radical (unpaired) electrons. The lowest BCUT2D eigenvalue weighted by Gasteiger charge is -2.43. The SMILES string of the molecule is Cc1cc(NC(=O)CN2C3CCC2CC(O)(c2nccn2C)C3)no1. The van der Waals surface area contributed by atoms with Crippen LogP contribution in [0.25, 0.3) is 0 Å². The number of imidazole rings is 1. The Morgan fingerprint density at radius 1 is 1.44 bits per heavy atom. The van der Waals surface area contributed by atoms with Crippen LogP contribution >= 0.6 is 0 Å². The van der Waals surface area contributed by atoms with Crippen molar-refractivity contribution in [2.45, 2.75) is 50.3 Å². The van der Waals surface area contributed by atoms with Crippen molar-refractivity contribution in [1.82, 2.24) is 19.6 Å². The molecule has 2 fully saturated rings. The highest BCUT2D eigenvalue weighted by Gasteiger charge is 2.50. The maximum Gasteiger partial charge on any atom is 0.239 e. The molecule has 2 aliphatic heterocycles. The van der Waals surface area contributed by atoms with Crippen LogP contribution in [0.15, 0.2) is 23.0 Å². The molecule has 0 saturated carbocycles. The van der Waals surface area contributed by atoms with Gasteiger partial charge in [-0.15, -0.1) is 0 Å². The largest absolute Gasteiger partial charge is 0.382 e. The minimum absolute atomic E-state index is 0.104. The van der Waals surface area contributed by atoms with Gasteiger partial charge in [-0.05, 0) is 32.6 Å². The molecule has 2 bridgehead atoms. The van der Waals surface area contributed by atoms with E-state index in [1.807, 2.05) is 17.8 Å². The topological polar surface area (TPSA) is 96.4 Å². The molecule has 2 unspecified atom stereocenters. The number of amides is 1. The zero-order valence-corrected chi connectivity index (χ0v) is 14.5. The number of aryl methyl sites for hydroxylation is 2. The van der Waals surface area contributed by atoms with Crippen molar-refractivity contribution in [1.29, 1.82) is 0 Å². The van der Waals surface area contributed by atoms with Crippen molar-refractivity contribution in [3.8, 4) is 0 Å². The van der Waals surface area contributed by atoms with Gasteiger partial charge in [-0.2, -0.15) is 0 Å². The Kier molecular flexibility index (Phi) is 3.88. The monoisotopic (exact) mass is 345 g/mol. The lowest BCUT2D eigenvalue weighted by atomic mass is 9.85. The molecule has 2 aromatic rings. The van der Waals surface area contributed by atoms with Crippen LogP contribution in [0.3, 0.4) is 0 Å². The number of carbonyl (C=O) groups excluding carboxylic acids is 1. The lowest BCUT2D eigenvalue weighted by molar-refractivity contribution is -0.121. The Morgan fingerprint density at radius 2 is 2.16 bits per heavy atom. The van der Waals surface area contributed by atoms with E-state index in [1.54, 1.807) is 19.2 Å². The highest BCUT2D eigenvalue weighted by atomic mass is 16.5. The Labute approximate surface area is 145 Å². The molecule has 0 spiro atoms. The van der Waals surface area contributed by atoms with E-state index in [-0.39, 0.29) is 18.0 Å². The number of hydrogen-bond donors (Lipinski definition) is 2. The smallest absolute Gasteiger partial charge is 0.239 e. The number of anilines is 1. The number of nitrogens with one attached hydrogen (secondary N) is 1. The first-order chi connectivity index (χ1) is 11.9. The molecule has 134 valence electrons. The van der Waals surface area contributed by atoms with Gasteiger partial charge in [-0.25, -0.2) is 4.98 Å². The van der Waals surface area contributed by atoms with Gasteiger partial charge in [0.2, 0.25) is 5.91 Å². The summed E-state index contributed by atoms with van der Waals surface area (Å²) < 4.78 is 6.85. The number of nitrogens with zero attached hydrogens (tertiary/aromatic N) is 4. The maximum atomic E-state index is 12.3. The van der Waals surface area contributed by atoms with Gasteiger partial charge in [0.1, 0.15) is 17.2 Å². The average Bonchev–Trinajstić information content (AvgIpc) is 3.21. The Bertz CT molecular complexity index is 769. The highest BCUT2D eigenvalue weighted by Crippen LogP contribution is 2.44. The number of hydrogen-bond acceptors (Lipinski definition) is 6. The van der Waals surface area contributed by atoms with Crippen molar-refractivity contribution < 1.29 is 14.4 Å². The second-order valence-corrected chi connectivity index (χ2v) is 7.23. The van der Waals surface area contributed by atoms with E-state index >= 15 is 0 Å². The number of aromatic nitrogens is 3. The van der Waals surface area contributed by atoms with Gasteiger partial charge in [0.15, 0.2) is 5.82 Å². The predicted octanol–water partition coefficient (Wildman–Crippen LogP) is 1.17. The standard InChI is InChI=1S/C17H23N5O3/c1-11-7-14(20-25-11)19-15(23)10-22-12-3-4-13(22)9-17(24,8-12)16-18-5-6-21(16)2/h5-7,12-13,24H,3-4,8-10H2,1-2H3,(H,19,20,23). The first kappa shape index (κ1) is 16.3. The van der Waals surface area contributed by atoms with E-state index in [1.165, 1.54) is 0 Å². The molecular formula is C17H23N5O3. The van der Waals surface area contributed by atoms with Crippen molar-refractivity contribution in [3.05, 3.63) is 30.0 Å². The molecule has 25 heavy (non-hydrogen) atoms. The summed E-state index contributed by atoms with van der Waals surface area (Å²) in [6.07, 6.45) is 6.76. The molecule has 4 heterocycles. The summed E-state index contributed by atoms with van der Waals surface area (Å²) in [6.45, 7) is 2.09. The Balaban J connectivity index is 1.44. The van der Waals surface area contributed by atoms with Gasteiger partial charge < -0.3 is 19.5 Å². The number of carbonyl (C=O) groups is 1. The summed E-state index contributed by atoms with van der Waals surface area (Å²) in [4.78, 5) is 18.9. The fraction of sp³-hybridized carbons (Fsp3) is 0.588. The van der Waals surface area contributed by atoms with Crippen molar-refractivity contribution in [2.75, 3.05) is 11.9 Å². The fourth-order valence-corrected chi connectivity index (χ4v) is 4.34. The first-order valence-corrected chi connectivity index (χ1v) is 8.64. The minimum Gasteiger partial charge on any atom is -0.382 e. The van der Waals surface area contributed by atoms with Crippen LogP contribution in [-0.4, -0.2) is 49.2 Å². The fourth-order valence-electron chi connectivity index (χ4n) is 4.34. The van der Waals surface area contributed by atoms with Gasteiger partial charge in [0.05, 0.1) is 6.54 Å². The molecule has 8 nitrogen and oxygen atoms in total. The van der Waals surface area contributed by atoms with Crippen LogP contribution in [-0.2, 0) is 17.4 Å². The zero-order valence-electron chi connectivity index (χ0n) is 14.5. The quantitative estimate of drug-likeness (QED) is 0.863. The van der Waals surface area contributed by atoms with Crippen LogP contribution < -0.4 is 5.32 Å². The van der Waals surface area contributed by atoms with Gasteiger partial charge in [-0.3, -0.25) is 9.69 Å². The maximum absolute atomic E-state index is 12.3. The van der Waals surface area contributed by atoms with Crippen LogP contribution in [0.5, 0.6) is 0 Å². The molecular weight excluding hydrogens is 322 g/mol. The van der Waals surface area contributed by atoms with Crippen LogP contribution in [0.1, 0.15) is 37.3 Å². The number of rotatable bonds is 4. The number of aliphatic hydroxyl groups is 1. The summed E-state index contributed by atoms with van der Waals surface area (Å²) in [6, 6.07) is 2.07.